The zero-order valence-corrected chi connectivity index (χ0v) is 35.7. The van der Waals surface area contributed by atoms with Crippen LogP contribution in [0.1, 0.15) is 84.6 Å². The molecule has 3 heterocycles. The highest BCUT2D eigenvalue weighted by atomic mass is 32.2. The average Bonchev–Trinajstić information content (AvgIpc) is 4.11. The average molecular weight is 852 g/mol. The second-order valence-corrected chi connectivity index (χ2v) is 19.5. The molecule has 3 aromatic carbocycles. The van der Waals surface area contributed by atoms with Crippen molar-refractivity contribution < 1.29 is 37.1 Å². The number of carbonyl (C=O) groups is 4. The van der Waals surface area contributed by atoms with Crippen LogP contribution >= 0.6 is 0 Å². The molecule has 4 aromatic rings. The quantitative estimate of drug-likeness (QED) is 0.182. The number of aromatic nitrogens is 3. The molecule has 0 spiro atoms. The Morgan fingerprint density at radius 3 is 2.39 bits per heavy atom. The summed E-state index contributed by atoms with van der Waals surface area (Å²) in [6.45, 7) is 5.22. The maximum absolute atomic E-state index is 14.8. The molecule has 2 aliphatic carbocycles. The summed E-state index contributed by atoms with van der Waals surface area (Å²) in [7, 11) is -2.32. The number of nitrogens with zero attached hydrogens (tertiary/aromatic N) is 4. The van der Waals surface area contributed by atoms with Gasteiger partial charge in [0.25, 0.3) is 5.91 Å². The standard InChI is InChI=1S/C45H53N7O8S/c1-44(2,3)60-43(56)46-36-18-9-7-5-6-8-15-30-26-45(30,42(55)50-61(57,58)33-23-24-33)47-40(53)37-25-31(27-51(37)41(36)54)52-48-38(29-19-21-32(59-4)22-20-29)39(49-52)35-17-12-14-28-13-10-11-16-34(28)35/h8,10-17,19-22,30-31,33,36-37H,5-7,9,18,23-27H2,1-4H3,(H,46,56)(H,47,53)(H,50,55)/b15-8+/t30-,31-,36-,37+,45-/m1/s1. The van der Waals surface area contributed by atoms with E-state index in [9.17, 15) is 27.6 Å². The number of hydrogen-bond donors (Lipinski definition) is 3. The number of sulfonamides is 1. The van der Waals surface area contributed by atoms with E-state index in [1.165, 1.54) is 4.90 Å². The van der Waals surface area contributed by atoms with Crippen LogP contribution in [0.25, 0.3) is 33.3 Å². The monoisotopic (exact) mass is 851 g/mol. The molecule has 4 amide bonds. The van der Waals surface area contributed by atoms with Crippen LogP contribution in [0, 0.1) is 5.92 Å². The molecular weight excluding hydrogens is 799 g/mol. The van der Waals surface area contributed by atoms with E-state index < -0.39 is 74.3 Å². The normalized spacial score (nSPS) is 25.3. The minimum absolute atomic E-state index is 0.00765. The maximum Gasteiger partial charge on any atom is 0.408 e. The van der Waals surface area contributed by atoms with Crippen molar-refractivity contribution in [3.05, 3.63) is 78.9 Å². The molecule has 2 aliphatic heterocycles. The summed E-state index contributed by atoms with van der Waals surface area (Å²) in [4.78, 5) is 59.7. The van der Waals surface area contributed by atoms with Crippen molar-refractivity contribution >= 4 is 44.6 Å². The number of benzene rings is 3. The number of allylic oxidation sites excluding steroid dienone is 1. The summed E-state index contributed by atoms with van der Waals surface area (Å²) >= 11 is 0. The minimum atomic E-state index is -3.92. The number of amides is 4. The number of rotatable bonds is 8. The smallest absolute Gasteiger partial charge is 0.408 e. The Morgan fingerprint density at radius 2 is 1.66 bits per heavy atom. The zero-order valence-electron chi connectivity index (χ0n) is 34.9. The highest BCUT2D eigenvalue weighted by Gasteiger charge is 2.62. The molecule has 0 radical (unpaired) electrons. The van der Waals surface area contributed by atoms with Crippen molar-refractivity contribution in [3.8, 4) is 28.3 Å². The molecule has 1 aromatic heterocycles. The lowest BCUT2D eigenvalue weighted by Crippen LogP contribution is -2.58. The number of hydrogen-bond acceptors (Lipinski definition) is 10. The molecule has 2 saturated carbocycles. The zero-order chi connectivity index (χ0) is 43.1. The van der Waals surface area contributed by atoms with E-state index in [2.05, 4.69) is 15.4 Å². The molecule has 15 nitrogen and oxygen atoms in total. The van der Waals surface area contributed by atoms with Gasteiger partial charge in [-0.05, 0) is 94.3 Å². The fraction of sp³-hybridized carbons (Fsp3) is 0.467. The Balaban J connectivity index is 1.18. The van der Waals surface area contributed by atoms with Crippen LogP contribution in [0.15, 0.2) is 78.9 Å². The third kappa shape index (κ3) is 9.00. The van der Waals surface area contributed by atoms with Crippen LogP contribution in [-0.4, -0.2) is 94.3 Å². The van der Waals surface area contributed by atoms with Crippen LogP contribution in [0.2, 0.25) is 0 Å². The fourth-order valence-corrected chi connectivity index (χ4v) is 9.80. The molecule has 3 fully saturated rings. The molecule has 4 aliphatic rings. The number of carbonyl (C=O) groups excluding carboxylic acids is 4. The highest BCUT2D eigenvalue weighted by Crippen LogP contribution is 2.46. The topological polar surface area (TPSA) is 191 Å². The van der Waals surface area contributed by atoms with Crippen LogP contribution in [0.5, 0.6) is 5.75 Å². The van der Waals surface area contributed by atoms with Crippen molar-refractivity contribution in [2.45, 2.75) is 113 Å². The number of fused-ring (bicyclic) bond motifs is 3. The predicted octanol–water partition coefficient (Wildman–Crippen LogP) is 5.81. The van der Waals surface area contributed by atoms with Crippen LogP contribution in [0.4, 0.5) is 4.79 Å². The second kappa shape index (κ2) is 16.6. The maximum atomic E-state index is 14.8. The van der Waals surface area contributed by atoms with Gasteiger partial charge in [0.05, 0.1) is 18.4 Å². The van der Waals surface area contributed by atoms with Crippen molar-refractivity contribution in [2.75, 3.05) is 13.7 Å². The summed E-state index contributed by atoms with van der Waals surface area (Å²) in [5.74, 6) is -1.66. The fourth-order valence-electron chi connectivity index (χ4n) is 8.44. The van der Waals surface area contributed by atoms with Gasteiger partial charge < -0.3 is 25.0 Å². The van der Waals surface area contributed by atoms with Gasteiger partial charge in [0, 0.05) is 30.0 Å². The molecule has 61 heavy (non-hydrogen) atoms. The lowest BCUT2D eigenvalue weighted by atomic mass is 9.99. The number of ether oxygens (including phenoxy) is 2. The third-order valence-electron chi connectivity index (χ3n) is 11.9. The van der Waals surface area contributed by atoms with E-state index in [-0.39, 0.29) is 19.4 Å². The summed E-state index contributed by atoms with van der Waals surface area (Å²) in [5, 5.41) is 17.2. The molecule has 3 N–H and O–H groups in total. The SMILES string of the molecule is COc1ccc(-c2nn([C@@H]3C[C@H]4C(=O)N[C@]5(C(=O)NS(=O)(=O)C6CC6)C[C@H]5/C=C/CCCCC[C@@H](NC(=O)OC(C)(C)C)C(=O)N4C3)nc2-c2cccc3ccccc23)cc1. The Hall–Kier alpha value is -5.77. The van der Waals surface area contributed by atoms with Crippen LogP contribution in [0.3, 0.4) is 0 Å². The van der Waals surface area contributed by atoms with Crippen LogP contribution in [-0.2, 0) is 29.1 Å². The summed E-state index contributed by atoms with van der Waals surface area (Å²) in [6.07, 6.45) is 7.43. The van der Waals surface area contributed by atoms with Gasteiger partial charge in [0.15, 0.2) is 0 Å². The lowest BCUT2D eigenvalue weighted by Gasteiger charge is -2.30. The van der Waals surface area contributed by atoms with Crippen molar-refractivity contribution in [3.63, 3.8) is 0 Å². The Bertz CT molecular complexity index is 2470. The Morgan fingerprint density at radius 1 is 0.918 bits per heavy atom. The van der Waals surface area contributed by atoms with E-state index in [1.807, 2.05) is 78.9 Å². The second-order valence-electron chi connectivity index (χ2n) is 17.6. The van der Waals surface area contributed by atoms with E-state index >= 15 is 0 Å². The Kier molecular flexibility index (Phi) is 11.4. The van der Waals surface area contributed by atoms with E-state index in [0.29, 0.717) is 49.2 Å². The summed E-state index contributed by atoms with van der Waals surface area (Å²) in [6, 6.07) is 18.7. The molecular formula is C45H53N7O8S. The predicted molar refractivity (Wildman–Crippen MR) is 229 cm³/mol. The summed E-state index contributed by atoms with van der Waals surface area (Å²) in [5.41, 5.74) is 0.471. The third-order valence-corrected chi connectivity index (χ3v) is 13.7. The van der Waals surface area contributed by atoms with Gasteiger partial charge >= 0.3 is 6.09 Å². The van der Waals surface area contributed by atoms with E-state index in [0.717, 1.165) is 34.7 Å². The minimum Gasteiger partial charge on any atom is -0.497 e. The van der Waals surface area contributed by atoms with Gasteiger partial charge in [-0.25, -0.2) is 13.2 Å². The van der Waals surface area contributed by atoms with Gasteiger partial charge in [0.1, 0.15) is 40.4 Å². The molecule has 322 valence electrons. The first-order valence-corrected chi connectivity index (χ1v) is 22.6. The first-order valence-electron chi connectivity index (χ1n) is 21.1. The van der Waals surface area contributed by atoms with Crippen molar-refractivity contribution in [1.82, 2.24) is 35.2 Å². The van der Waals surface area contributed by atoms with Gasteiger partial charge in [-0.1, -0.05) is 67.5 Å². The van der Waals surface area contributed by atoms with Crippen molar-refractivity contribution in [1.29, 1.82) is 0 Å². The lowest BCUT2D eigenvalue weighted by molar-refractivity contribution is -0.141. The molecule has 0 unspecified atom stereocenters. The van der Waals surface area contributed by atoms with Crippen molar-refractivity contribution in [2.24, 2.45) is 5.92 Å². The number of alkyl carbamates (subject to hydrolysis) is 1. The van der Waals surface area contributed by atoms with E-state index in [4.69, 9.17) is 19.7 Å². The van der Waals surface area contributed by atoms with E-state index in [1.54, 1.807) is 32.7 Å². The Labute approximate surface area is 355 Å². The largest absolute Gasteiger partial charge is 0.497 e. The molecule has 0 bridgehead atoms. The molecule has 1 saturated heterocycles. The van der Waals surface area contributed by atoms with Crippen LogP contribution < -0.4 is 20.1 Å². The first-order chi connectivity index (χ1) is 29.2. The first kappa shape index (κ1) is 41.9. The molecule has 16 heteroatoms. The summed E-state index contributed by atoms with van der Waals surface area (Å²) < 4.78 is 39.2. The number of nitrogens with one attached hydrogen (secondary N) is 3. The molecule has 8 rings (SSSR count). The van der Waals surface area contributed by atoms with Gasteiger partial charge in [-0.15, -0.1) is 0 Å². The van der Waals surface area contributed by atoms with Gasteiger partial charge in [-0.3, -0.25) is 19.1 Å². The number of methoxy groups -OCH3 is 1. The van der Waals surface area contributed by atoms with Gasteiger partial charge in [0.2, 0.25) is 21.8 Å². The highest BCUT2D eigenvalue weighted by molar-refractivity contribution is 7.91. The van der Waals surface area contributed by atoms with Gasteiger partial charge in [-0.2, -0.15) is 15.0 Å². The molecule has 5 atom stereocenters.